The van der Waals surface area contributed by atoms with Gasteiger partial charge in [0.1, 0.15) is 0 Å². The predicted octanol–water partition coefficient (Wildman–Crippen LogP) is 7.20. The second kappa shape index (κ2) is 11.8. The Bertz CT molecular complexity index is 510. The quantitative estimate of drug-likeness (QED) is 0.281. The molecule has 0 amide bonds. The van der Waals surface area contributed by atoms with Crippen LogP contribution >= 0.6 is 0 Å². The molecular weight excluding hydrogens is 290 g/mol. The minimum atomic E-state index is 0.741. The van der Waals surface area contributed by atoms with Crippen LogP contribution in [-0.4, -0.2) is 6.21 Å². The van der Waals surface area contributed by atoms with Gasteiger partial charge in [0.2, 0.25) is 0 Å². The van der Waals surface area contributed by atoms with Crippen LogP contribution in [-0.2, 0) is 0 Å². The van der Waals surface area contributed by atoms with Crippen molar-refractivity contribution in [1.82, 2.24) is 0 Å². The summed E-state index contributed by atoms with van der Waals surface area (Å²) >= 11 is 0. The van der Waals surface area contributed by atoms with Gasteiger partial charge in [0, 0.05) is 12.4 Å². The molecule has 0 N–H and O–H groups in total. The minimum absolute atomic E-state index is 0.741. The van der Waals surface area contributed by atoms with Crippen LogP contribution < -0.4 is 0 Å². The molecule has 0 aromatic heterocycles. The maximum absolute atomic E-state index is 4.21. The summed E-state index contributed by atoms with van der Waals surface area (Å²) in [5, 5.41) is 0. The molecule has 0 aromatic carbocycles. The van der Waals surface area contributed by atoms with Crippen molar-refractivity contribution in [3.63, 3.8) is 0 Å². The number of allylic oxidation sites excluding steroid dienone is 7. The van der Waals surface area contributed by atoms with Crippen LogP contribution in [0.4, 0.5) is 0 Å². The van der Waals surface area contributed by atoms with Crippen molar-refractivity contribution < 1.29 is 0 Å². The highest BCUT2D eigenvalue weighted by Gasteiger charge is 2.16. The Morgan fingerprint density at radius 2 is 2.00 bits per heavy atom. The number of hydrogen-bond donors (Lipinski definition) is 0. The molecule has 1 heteroatoms. The van der Waals surface area contributed by atoms with E-state index < -0.39 is 0 Å². The van der Waals surface area contributed by atoms with Crippen molar-refractivity contribution in [3.05, 3.63) is 60.4 Å². The van der Waals surface area contributed by atoms with Gasteiger partial charge in [-0.1, -0.05) is 76.1 Å². The number of rotatable bonds is 11. The van der Waals surface area contributed by atoms with Crippen LogP contribution in [0.15, 0.2) is 65.4 Å². The lowest BCUT2D eigenvalue weighted by molar-refractivity contribution is 0.297. The second-order valence-corrected chi connectivity index (χ2v) is 7.38. The fourth-order valence-electron chi connectivity index (χ4n) is 2.78. The molecule has 0 unspecified atom stereocenters. The van der Waals surface area contributed by atoms with Crippen LogP contribution in [0.25, 0.3) is 0 Å². The van der Waals surface area contributed by atoms with Crippen molar-refractivity contribution in [2.75, 3.05) is 0 Å². The van der Waals surface area contributed by atoms with E-state index in [1.165, 1.54) is 37.7 Å². The zero-order valence-electron chi connectivity index (χ0n) is 15.9. The molecule has 1 aliphatic carbocycles. The van der Waals surface area contributed by atoms with E-state index in [4.69, 9.17) is 0 Å². The summed E-state index contributed by atoms with van der Waals surface area (Å²) in [6.45, 7) is 14.3. The maximum Gasteiger partial charge on any atom is 0.0340 e. The largest absolute Gasteiger partial charge is 0.265 e. The molecule has 1 fully saturated rings. The number of hydrogen-bond acceptors (Lipinski definition) is 1. The molecular formula is C23H35N. The van der Waals surface area contributed by atoms with Gasteiger partial charge in [-0.25, -0.2) is 0 Å². The first-order valence-corrected chi connectivity index (χ1v) is 9.39. The smallest absolute Gasteiger partial charge is 0.0340 e. The maximum atomic E-state index is 4.21. The van der Waals surface area contributed by atoms with Crippen molar-refractivity contribution in [2.45, 2.75) is 65.7 Å². The Morgan fingerprint density at radius 1 is 1.25 bits per heavy atom. The monoisotopic (exact) mass is 325 g/mol. The van der Waals surface area contributed by atoms with Crippen LogP contribution in [0.3, 0.4) is 0 Å². The van der Waals surface area contributed by atoms with Crippen molar-refractivity contribution in [2.24, 2.45) is 16.8 Å². The van der Waals surface area contributed by atoms with Gasteiger partial charge in [-0.05, 0) is 55.6 Å². The Morgan fingerprint density at radius 3 is 2.54 bits per heavy atom. The molecule has 1 aliphatic rings. The molecule has 0 atom stereocenters. The number of nitrogens with zero attached hydrogens (tertiary/aromatic N) is 1. The average molecular weight is 326 g/mol. The highest BCUT2D eigenvalue weighted by Crippen LogP contribution is 2.32. The Hall–Kier alpha value is -1.63. The lowest BCUT2D eigenvalue weighted by Crippen LogP contribution is -2.10. The average Bonchev–Trinajstić information content (AvgIpc) is 2.46. The fourth-order valence-corrected chi connectivity index (χ4v) is 2.78. The topological polar surface area (TPSA) is 12.4 Å². The molecule has 24 heavy (non-hydrogen) atoms. The van der Waals surface area contributed by atoms with E-state index in [9.17, 15) is 0 Å². The van der Waals surface area contributed by atoms with E-state index in [-0.39, 0.29) is 0 Å². The van der Waals surface area contributed by atoms with Crippen molar-refractivity contribution in [3.8, 4) is 0 Å². The molecule has 0 aliphatic heterocycles. The molecule has 0 saturated heterocycles. The van der Waals surface area contributed by atoms with E-state index in [0.29, 0.717) is 0 Å². The first-order valence-electron chi connectivity index (χ1n) is 9.39. The lowest BCUT2D eigenvalue weighted by atomic mass is 9.81. The normalized spacial score (nSPS) is 17.0. The van der Waals surface area contributed by atoms with Crippen molar-refractivity contribution in [1.29, 1.82) is 0 Å². The van der Waals surface area contributed by atoms with Crippen LogP contribution in [0, 0.1) is 11.8 Å². The Balaban J connectivity index is 2.80. The summed E-state index contributed by atoms with van der Waals surface area (Å²) in [6.07, 6.45) is 21.4. The lowest BCUT2D eigenvalue weighted by Gasteiger charge is -2.25. The third kappa shape index (κ3) is 9.50. The van der Waals surface area contributed by atoms with E-state index in [1.54, 1.807) is 6.20 Å². The van der Waals surface area contributed by atoms with Gasteiger partial charge in [0.15, 0.2) is 0 Å². The van der Waals surface area contributed by atoms with Crippen molar-refractivity contribution >= 4 is 6.21 Å². The molecule has 0 radical (unpaired) electrons. The van der Waals surface area contributed by atoms with E-state index in [2.05, 4.69) is 63.2 Å². The van der Waals surface area contributed by atoms with Gasteiger partial charge in [0.25, 0.3) is 0 Å². The first-order chi connectivity index (χ1) is 11.5. The summed E-state index contributed by atoms with van der Waals surface area (Å²) in [5.74, 6) is 1.67. The SMILES string of the molecule is C=CN=CC(/C=C\CCC(C)C)=C\C(=C\C(=C)C)CCC1CCC1. The third-order valence-corrected chi connectivity index (χ3v) is 4.40. The Labute approximate surface area is 149 Å². The molecule has 0 bridgehead atoms. The third-order valence-electron chi connectivity index (χ3n) is 4.40. The zero-order valence-corrected chi connectivity index (χ0v) is 15.9. The van der Waals surface area contributed by atoms with E-state index >= 15 is 0 Å². The molecule has 0 spiro atoms. The second-order valence-electron chi connectivity index (χ2n) is 7.38. The van der Waals surface area contributed by atoms with E-state index in [1.807, 2.05) is 6.21 Å². The van der Waals surface area contributed by atoms with Gasteiger partial charge in [-0.15, -0.1) is 0 Å². The molecule has 1 saturated carbocycles. The molecule has 1 rings (SSSR count). The van der Waals surface area contributed by atoms with Gasteiger partial charge < -0.3 is 0 Å². The summed E-state index contributed by atoms with van der Waals surface area (Å²) in [7, 11) is 0. The van der Waals surface area contributed by atoms with Gasteiger partial charge in [-0.2, -0.15) is 0 Å². The molecule has 0 aromatic rings. The predicted molar refractivity (Wildman–Crippen MR) is 109 cm³/mol. The van der Waals surface area contributed by atoms with Gasteiger partial charge >= 0.3 is 0 Å². The molecule has 0 heterocycles. The summed E-state index contributed by atoms with van der Waals surface area (Å²) in [5.41, 5.74) is 3.60. The standard InChI is InChI=1S/C23H35N/c1-6-24-18-23(11-8-7-10-19(2)3)17-22(16-20(4)5)15-14-21-12-9-13-21/h6,8,11,16-19,21H,1,4,7,9-10,12-15H2,2-3,5H3/b11-8-,22-16+,23-17-,24-18?. The van der Waals surface area contributed by atoms with Crippen LogP contribution in [0.5, 0.6) is 0 Å². The first kappa shape index (κ1) is 20.4. The highest BCUT2D eigenvalue weighted by molar-refractivity contribution is 5.83. The van der Waals surface area contributed by atoms with Gasteiger partial charge in [-0.3, -0.25) is 4.99 Å². The minimum Gasteiger partial charge on any atom is -0.265 e. The summed E-state index contributed by atoms with van der Waals surface area (Å²) in [6, 6.07) is 0. The van der Waals surface area contributed by atoms with E-state index in [0.717, 1.165) is 35.8 Å². The van der Waals surface area contributed by atoms with Crippen LogP contribution in [0.2, 0.25) is 0 Å². The fraction of sp³-hybridized carbons (Fsp3) is 0.522. The highest BCUT2D eigenvalue weighted by atomic mass is 14.7. The summed E-state index contributed by atoms with van der Waals surface area (Å²) < 4.78 is 0. The van der Waals surface area contributed by atoms with Gasteiger partial charge in [0.05, 0.1) is 0 Å². The zero-order chi connectivity index (χ0) is 17.8. The molecule has 132 valence electrons. The number of aliphatic imine (C=N–C) groups is 1. The summed E-state index contributed by atoms with van der Waals surface area (Å²) in [4.78, 5) is 4.21. The molecule has 1 nitrogen and oxygen atoms in total. The van der Waals surface area contributed by atoms with Crippen LogP contribution in [0.1, 0.15) is 65.7 Å². The Kier molecular flexibility index (Phi) is 10.1.